The molecule has 1 amide bonds. The summed E-state index contributed by atoms with van der Waals surface area (Å²) in [5.41, 5.74) is 8.99. The molecule has 1 aliphatic carbocycles. The molecule has 1 unspecified atom stereocenters. The molecule has 126 valence electrons. The van der Waals surface area contributed by atoms with Gasteiger partial charge in [0, 0.05) is 5.69 Å². The standard InChI is InChI=1S/C19H22N2O3/c1-23-17-7-2-3-8-18(17)24-12-19(22)21-16-6-4-5-13-11-14(20)9-10-15(13)16/h2-3,7-11,16H,4-6,12,20H2,1H3,(H,21,22). The highest BCUT2D eigenvalue weighted by Gasteiger charge is 2.22. The van der Waals surface area contributed by atoms with Crippen LogP contribution in [0, 0.1) is 0 Å². The number of ether oxygens (including phenoxy) is 2. The quantitative estimate of drug-likeness (QED) is 0.829. The van der Waals surface area contributed by atoms with Crippen LogP contribution in [0.2, 0.25) is 0 Å². The number of methoxy groups -OCH3 is 1. The van der Waals surface area contributed by atoms with E-state index in [0.717, 1.165) is 30.5 Å². The summed E-state index contributed by atoms with van der Waals surface area (Å²) in [6.07, 6.45) is 2.97. The molecule has 0 aromatic heterocycles. The number of anilines is 1. The minimum Gasteiger partial charge on any atom is -0.493 e. The van der Waals surface area contributed by atoms with Crippen molar-refractivity contribution in [3.63, 3.8) is 0 Å². The SMILES string of the molecule is COc1ccccc1OCC(=O)NC1CCCc2cc(N)ccc21. The van der Waals surface area contributed by atoms with Crippen LogP contribution in [0.5, 0.6) is 11.5 Å². The second-order valence-corrected chi connectivity index (χ2v) is 5.91. The predicted octanol–water partition coefficient (Wildman–Crippen LogP) is 2.85. The van der Waals surface area contributed by atoms with Crippen molar-refractivity contribution in [3.8, 4) is 11.5 Å². The van der Waals surface area contributed by atoms with Crippen LogP contribution in [-0.4, -0.2) is 19.6 Å². The number of amides is 1. The van der Waals surface area contributed by atoms with Gasteiger partial charge in [0.2, 0.25) is 0 Å². The molecule has 0 saturated carbocycles. The number of rotatable bonds is 5. The third-order valence-corrected chi connectivity index (χ3v) is 4.24. The zero-order valence-electron chi connectivity index (χ0n) is 13.7. The molecule has 24 heavy (non-hydrogen) atoms. The van der Waals surface area contributed by atoms with Gasteiger partial charge in [0.1, 0.15) is 0 Å². The molecule has 1 atom stereocenters. The van der Waals surface area contributed by atoms with Gasteiger partial charge in [-0.1, -0.05) is 18.2 Å². The maximum absolute atomic E-state index is 12.3. The smallest absolute Gasteiger partial charge is 0.258 e. The summed E-state index contributed by atoms with van der Waals surface area (Å²) < 4.78 is 10.8. The fraction of sp³-hybridized carbons (Fsp3) is 0.316. The number of benzene rings is 2. The normalized spacial score (nSPS) is 16.1. The Kier molecular flexibility index (Phi) is 4.89. The van der Waals surface area contributed by atoms with Gasteiger partial charge < -0.3 is 20.5 Å². The van der Waals surface area contributed by atoms with Gasteiger partial charge in [-0.05, 0) is 54.7 Å². The maximum atomic E-state index is 12.3. The molecule has 2 aromatic rings. The summed E-state index contributed by atoms with van der Waals surface area (Å²) in [4.78, 5) is 12.3. The Morgan fingerprint density at radius 3 is 2.83 bits per heavy atom. The Balaban J connectivity index is 1.62. The van der Waals surface area contributed by atoms with Crippen molar-refractivity contribution in [1.82, 2.24) is 5.32 Å². The van der Waals surface area contributed by atoms with Gasteiger partial charge in [-0.25, -0.2) is 0 Å². The number of hydrogen-bond acceptors (Lipinski definition) is 4. The van der Waals surface area contributed by atoms with Crippen molar-refractivity contribution in [3.05, 3.63) is 53.6 Å². The first kappa shape index (κ1) is 16.2. The first-order chi connectivity index (χ1) is 11.7. The molecular weight excluding hydrogens is 304 g/mol. The molecule has 0 bridgehead atoms. The zero-order valence-corrected chi connectivity index (χ0v) is 13.7. The predicted molar refractivity (Wildman–Crippen MR) is 93.2 cm³/mol. The third-order valence-electron chi connectivity index (χ3n) is 4.24. The fourth-order valence-electron chi connectivity index (χ4n) is 3.10. The second kappa shape index (κ2) is 7.25. The number of nitrogens with one attached hydrogen (secondary N) is 1. The average Bonchev–Trinajstić information content (AvgIpc) is 2.60. The number of fused-ring (bicyclic) bond motifs is 1. The van der Waals surface area contributed by atoms with E-state index in [2.05, 4.69) is 5.32 Å². The van der Waals surface area contributed by atoms with Crippen LogP contribution in [-0.2, 0) is 11.2 Å². The summed E-state index contributed by atoms with van der Waals surface area (Å²) in [5.74, 6) is 1.03. The lowest BCUT2D eigenvalue weighted by Gasteiger charge is -2.26. The van der Waals surface area contributed by atoms with Crippen LogP contribution in [0.1, 0.15) is 30.0 Å². The van der Waals surface area contributed by atoms with Crippen LogP contribution in [0.4, 0.5) is 5.69 Å². The van der Waals surface area contributed by atoms with E-state index >= 15 is 0 Å². The van der Waals surface area contributed by atoms with Crippen LogP contribution in [0.3, 0.4) is 0 Å². The van der Waals surface area contributed by atoms with E-state index in [1.807, 2.05) is 30.3 Å². The number of hydrogen-bond donors (Lipinski definition) is 2. The van der Waals surface area contributed by atoms with E-state index in [4.69, 9.17) is 15.2 Å². The molecule has 0 radical (unpaired) electrons. The van der Waals surface area contributed by atoms with E-state index in [0.29, 0.717) is 11.5 Å². The molecule has 2 aromatic carbocycles. The van der Waals surface area contributed by atoms with Crippen molar-refractivity contribution in [1.29, 1.82) is 0 Å². The highest BCUT2D eigenvalue weighted by atomic mass is 16.5. The monoisotopic (exact) mass is 326 g/mol. The summed E-state index contributed by atoms with van der Waals surface area (Å²) in [7, 11) is 1.58. The Hall–Kier alpha value is -2.69. The Morgan fingerprint density at radius 1 is 1.25 bits per heavy atom. The van der Waals surface area contributed by atoms with Crippen molar-refractivity contribution in [2.75, 3.05) is 19.5 Å². The lowest BCUT2D eigenvalue weighted by molar-refractivity contribution is -0.124. The summed E-state index contributed by atoms with van der Waals surface area (Å²) in [5, 5.41) is 3.06. The number of nitrogen functional groups attached to an aromatic ring is 1. The van der Waals surface area contributed by atoms with Crippen molar-refractivity contribution in [2.45, 2.75) is 25.3 Å². The van der Waals surface area contributed by atoms with E-state index in [1.54, 1.807) is 19.2 Å². The van der Waals surface area contributed by atoms with Crippen LogP contribution in [0.15, 0.2) is 42.5 Å². The maximum Gasteiger partial charge on any atom is 0.258 e. The van der Waals surface area contributed by atoms with E-state index in [1.165, 1.54) is 5.56 Å². The lowest BCUT2D eigenvalue weighted by Crippen LogP contribution is -2.34. The Bertz CT molecular complexity index is 730. The first-order valence-corrected chi connectivity index (χ1v) is 8.11. The largest absolute Gasteiger partial charge is 0.493 e. The van der Waals surface area contributed by atoms with Crippen molar-refractivity contribution < 1.29 is 14.3 Å². The van der Waals surface area contributed by atoms with Gasteiger partial charge in [-0.3, -0.25) is 4.79 Å². The van der Waals surface area contributed by atoms with Crippen LogP contribution < -0.4 is 20.5 Å². The molecular formula is C19H22N2O3. The molecule has 5 heteroatoms. The summed E-state index contributed by atoms with van der Waals surface area (Å²) >= 11 is 0. The number of nitrogens with two attached hydrogens (primary N) is 1. The van der Waals surface area contributed by atoms with E-state index < -0.39 is 0 Å². The van der Waals surface area contributed by atoms with Gasteiger partial charge in [-0.15, -0.1) is 0 Å². The van der Waals surface area contributed by atoms with Gasteiger partial charge in [0.05, 0.1) is 13.2 Å². The molecule has 0 saturated heterocycles. The number of para-hydroxylation sites is 2. The summed E-state index contributed by atoms with van der Waals surface area (Å²) in [6, 6.07) is 13.2. The van der Waals surface area contributed by atoms with Gasteiger partial charge in [-0.2, -0.15) is 0 Å². The first-order valence-electron chi connectivity index (χ1n) is 8.11. The van der Waals surface area contributed by atoms with Gasteiger partial charge in [0.15, 0.2) is 18.1 Å². The molecule has 3 N–H and O–H groups in total. The minimum absolute atomic E-state index is 0.0168. The molecule has 0 fully saturated rings. The zero-order chi connectivity index (χ0) is 16.9. The molecule has 0 spiro atoms. The Morgan fingerprint density at radius 2 is 2.04 bits per heavy atom. The fourth-order valence-corrected chi connectivity index (χ4v) is 3.10. The topological polar surface area (TPSA) is 73.6 Å². The molecule has 5 nitrogen and oxygen atoms in total. The number of carbonyl (C=O) groups is 1. The number of aryl methyl sites for hydroxylation is 1. The highest BCUT2D eigenvalue weighted by Crippen LogP contribution is 2.31. The Labute approximate surface area is 141 Å². The molecule has 0 aliphatic heterocycles. The highest BCUT2D eigenvalue weighted by molar-refractivity contribution is 5.78. The van der Waals surface area contributed by atoms with E-state index in [9.17, 15) is 4.79 Å². The molecule has 1 aliphatic rings. The van der Waals surface area contributed by atoms with Crippen molar-refractivity contribution >= 4 is 11.6 Å². The van der Waals surface area contributed by atoms with E-state index in [-0.39, 0.29) is 18.6 Å². The van der Waals surface area contributed by atoms with Gasteiger partial charge >= 0.3 is 0 Å². The lowest BCUT2D eigenvalue weighted by atomic mass is 9.87. The van der Waals surface area contributed by atoms with Crippen LogP contribution in [0.25, 0.3) is 0 Å². The molecule has 0 heterocycles. The van der Waals surface area contributed by atoms with Crippen molar-refractivity contribution in [2.24, 2.45) is 0 Å². The second-order valence-electron chi connectivity index (χ2n) is 5.91. The summed E-state index contributed by atoms with van der Waals surface area (Å²) in [6.45, 7) is -0.0405. The molecule has 3 rings (SSSR count). The minimum atomic E-state index is -0.143. The number of carbonyl (C=O) groups excluding carboxylic acids is 1. The third kappa shape index (κ3) is 3.62. The van der Waals surface area contributed by atoms with Gasteiger partial charge in [0.25, 0.3) is 5.91 Å². The average molecular weight is 326 g/mol. The van der Waals surface area contributed by atoms with Crippen LogP contribution >= 0.6 is 0 Å².